The molecule has 0 saturated carbocycles. The van der Waals surface area contributed by atoms with E-state index in [0.29, 0.717) is 0 Å². The summed E-state index contributed by atoms with van der Waals surface area (Å²) in [6, 6.07) is 0. The second kappa shape index (κ2) is 14.3. The van der Waals surface area contributed by atoms with Crippen LogP contribution in [0.5, 0.6) is 0 Å². The number of hydrogen-bond acceptors (Lipinski definition) is 5. The molecule has 0 rings (SSSR count). The van der Waals surface area contributed by atoms with Crippen molar-refractivity contribution in [3.05, 3.63) is 0 Å². The second-order valence-corrected chi connectivity index (χ2v) is 6.43. The highest BCUT2D eigenvalue weighted by Crippen LogP contribution is 2.32. The van der Waals surface area contributed by atoms with Crippen LogP contribution in [0.1, 0.15) is 64.7 Å². The van der Waals surface area contributed by atoms with E-state index in [0.717, 1.165) is 31.4 Å². The molecule has 0 N–H and O–H groups in total. The average molecular weight is 332 g/mol. The first-order valence-electron chi connectivity index (χ1n) is 8.37. The van der Waals surface area contributed by atoms with Crippen molar-refractivity contribution >= 4 is 11.8 Å². The first kappa shape index (κ1) is 21.7. The number of ether oxygens (including phenoxy) is 3. The van der Waals surface area contributed by atoms with E-state index in [1.165, 1.54) is 43.9 Å². The summed E-state index contributed by atoms with van der Waals surface area (Å²) in [5, 5.41) is 10.7. The van der Waals surface area contributed by atoms with Gasteiger partial charge in [-0.2, -0.15) is 5.26 Å². The van der Waals surface area contributed by atoms with Crippen LogP contribution in [-0.2, 0) is 14.2 Å². The van der Waals surface area contributed by atoms with E-state index in [9.17, 15) is 0 Å². The molecule has 0 amide bonds. The molecule has 4 nitrogen and oxygen atoms in total. The van der Waals surface area contributed by atoms with Crippen LogP contribution < -0.4 is 0 Å². The van der Waals surface area contributed by atoms with Crippen LogP contribution in [-0.4, -0.2) is 33.1 Å². The van der Waals surface area contributed by atoms with Crippen molar-refractivity contribution in [1.82, 2.24) is 0 Å². The quantitative estimate of drug-likeness (QED) is 0.242. The molecule has 0 aliphatic carbocycles. The van der Waals surface area contributed by atoms with Crippen molar-refractivity contribution < 1.29 is 14.2 Å². The lowest BCUT2D eigenvalue weighted by molar-refractivity contribution is -0.380. The molecule has 0 aromatic carbocycles. The zero-order valence-corrected chi connectivity index (χ0v) is 15.5. The summed E-state index contributed by atoms with van der Waals surface area (Å²) in [5.41, 5.74) is 0. The summed E-state index contributed by atoms with van der Waals surface area (Å²) >= 11 is 1.30. The maximum atomic E-state index is 8.61. The number of nitrogens with zero attached hydrogens (tertiary/aromatic N) is 1. The maximum absolute atomic E-state index is 8.61. The van der Waals surface area contributed by atoms with Crippen molar-refractivity contribution in [2.75, 3.05) is 27.1 Å². The highest BCUT2D eigenvalue weighted by atomic mass is 32.2. The lowest BCUT2D eigenvalue weighted by atomic mass is 9.93. The third kappa shape index (κ3) is 8.38. The second-order valence-electron chi connectivity index (χ2n) is 5.55. The van der Waals surface area contributed by atoms with E-state index in [-0.39, 0.29) is 5.92 Å². The molecule has 0 spiro atoms. The smallest absolute Gasteiger partial charge is 0.285 e. The Morgan fingerprint density at radius 3 is 2.00 bits per heavy atom. The highest BCUT2D eigenvalue weighted by Gasteiger charge is 2.39. The zero-order valence-electron chi connectivity index (χ0n) is 14.7. The molecule has 5 heteroatoms. The van der Waals surface area contributed by atoms with Gasteiger partial charge in [0.25, 0.3) is 5.97 Å². The van der Waals surface area contributed by atoms with Gasteiger partial charge >= 0.3 is 0 Å². The van der Waals surface area contributed by atoms with Crippen LogP contribution >= 0.6 is 11.8 Å². The number of hydrogen-bond donors (Lipinski definition) is 0. The van der Waals surface area contributed by atoms with Gasteiger partial charge < -0.3 is 14.2 Å². The number of rotatable bonds is 15. The summed E-state index contributed by atoms with van der Waals surface area (Å²) in [6.45, 7) is 2.24. The SMILES string of the molecule is CCCCCCCCC(CCCSC#N)C(OC)(OC)OC. The molecule has 0 heterocycles. The van der Waals surface area contributed by atoms with E-state index in [1.54, 1.807) is 21.3 Å². The molecule has 0 aliphatic heterocycles. The van der Waals surface area contributed by atoms with E-state index >= 15 is 0 Å². The molecule has 1 unspecified atom stereocenters. The van der Waals surface area contributed by atoms with Crippen molar-refractivity contribution in [2.45, 2.75) is 70.7 Å². The lowest BCUT2D eigenvalue weighted by Gasteiger charge is -2.36. The van der Waals surface area contributed by atoms with Gasteiger partial charge in [-0.05, 0) is 31.0 Å². The van der Waals surface area contributed by atoms with E-state index in [2.05, 4.69) is 12.3 Å². The Morgan fingerprint density at radius 1 is 0.909 bits per heavy atom. The minimum atomic E-state index is -0.958. The van der Waals surface area contributed by atoms with Crippen LogP contribution in [0.4, 0.5) is 0 Å². The van der Waals surface area contributed by atoms with Gasteiger partial charge in [-0.1, -0.05) is 45.4 Å². The average Bonchev–Trinajstić information content (AvgIpc) is 2.55. The van der Waals surface area contributed by atoms with E-state index in [1.807, 2.05) is 0 Å². The van der Waals surface area contributed by atoms with Gasteiger partial charge in [-0.3, -0.25) is 0 Å². The lowest BCUT2D eigenvalue weighted by Crippen LogP contribution is -2.44. The fourth-order valence-electron chi connectivity index (χ4n) is 2.87. The minimum absolute atomic E-state index is 0.193. The fourth-order valence-corrected chi connectivity index (χ4v) is 3.27. The molecular formula is C17H33NO3S. The molecule has 0 saturated heterocycles. The number of nitriles is 1. The van der Waals surface area contributed by atoms with E-state index in [4.69, 9.17) is 19.5 Å². The van der Waals surface area contributed by atoms with Gasteiger partial charge in [0.1, 0.15) is 5.40 Å². The topological polar surface area (TPSA) is 51.5 Å². The van der Waals surface area contributed by atoms with Crippen molar-refractivity contribution in [3.8, 4) is 5.40 Å². The van der Waals surface area contributed by atoms with Crippen LogP contribution in [0, 0.1) is 16.6 Å². The van der Waals surface area contributed by atoms with Gasteiger partial charge in [0.15, 0.2) is 0 Å². The molecule has 130 valence electrons. The van der Waals surface area contributed by atoms with Gasteiger partial charge in [0, 0.05) is 33.0 Å². The molecule has 0 aliphatic rings. The third-order valence-electron chi connectivity index (χ3n) is 4.12. The number of methoxy groups -OCH3 is 3. The molecule has 0 aromatic heterocycles. The van der Waals surface area contributed by atoms with Crippen LogP contribution in [0.2, 0.25) is 0 Å². The number of thioether (sulfide) groups is 1. The molecule has 0 fully saturated rings. The van der Waals surface area contributed by atoms with Crippen molar-refractivity contribution in [2.24, 2.45) is 5.92 Å². The van der Waals surface area contributed by atoms with Crippen LogP contribution in [0.3, 0.4) is 0 Å². The van der Waals surface area contributed by atoms with E-state index < -0.39 is 5.97 Å². The Labute approximate surface area is 140 Å². The summed E-state index contributed by atoms with van der Waals surface area (Å²) in [4.78, 5) is 0. The molecule has 22 heavy (non-hydrogen) atoms. The summed E-state index contributed by atoms with van der Waals surface area (Å²) in [7, 11) is 4.89. The Balaban J connectivity index is 4.35. The van der Waals surface area contributed by atoms with Gasteiger partial charge in [0.2, 0.25) is 0 Å². The molecule has 1 atom stereocenters. The Kier molecular flexibility index (Phi) is 14.1. The predicted octanol–water partition coefficient (Wildman–Crippen LogP) is 4.94. The van der Waals surface area contributed by atoms with Gasteiger partial charge in [-0.25, -0.2) is 0 Å². The Bertz CT molecular complexity index is 282. The van der Waals surface area contributed by atoms with Crippen molar-refractivity contribution in [1.29, 1.82) is 5.26 Å². The molecule has 0 aromatic rings. The van der Waals surface area contributed by atoms with Crippen LogP contribution in [0.25, 0.3) is 0 Å². The number of unbranched alkanes of at least 4 members (excludes halogenated alkanes) is 5. The highest BCUT2D eigenvalue weighted by molar-refractivity contribution is 8.03. The summed E-state index contributed by atoms with van der Waals surface area (Å²) < 4.78 is 16.6. The Morgan fingerprint density at radius 2 is 1.45 bits per heavy atom. The first-order valence-corrected chi connectivity index (χ1v) is 9.35. The molecule has 0 bridgehead atoms. The summed E-state index contributed by atoms with van der Waals surface area (Å²) in [5.74, 6) is 0.0789. The molecular weight excluding hydrogens is 298 g/mol. The largest absolute Gasteiger partial charge is 0.331 e. The van der Waals surface area contributed by atoms with Gasteiger partial charge in [-0.15, -0.1) is 0 Å². The standard InChI is InChI=1S/C17H33NO3S/c1-5-6-7-8-9-10-12-16(13-11-14-22-15-18)17(19-2,20-3)21-4/h16H,5-14H2,1-4H3. The predicted molar refractivity (Wildman–Crippen MR) is 92.5 cm³/mol. The fraction of sp³-hybridized carbons (Fsp3) is 0.941. The molecule has 0 radical (unpaired) electrons. The number of thiocyanates is 1. The maximum Gasteiger partial charge on any atom is 0.285 e. The van der Waals surface area contributed by atoms with Crippen molar-refractivity contribution in [3.63, 3.8) is 0 Å². The first-order chi connectivity index (χ1) is 10.7. The minimum Gasteiger partial charge on any atom is -0.331 e. The Hall–Kier alpha value is -0.280. The zero-order chi connectivity index (χ0) is 16.7. The van der Waals surface area contributed by atoms with Crippen LogP contribution in [0.15, 0.2) is 0 Å². The normalized spacial score (nSPS) is 13.0. The monoisotopic (exact) mass is 331 g/mol. The van der Waals surface area contributed by atoms with Gasteiger partial charge in [0.05, 0.1) is 0 Å². The summed E-state index contributed by atoms with van der Waals surface area (Å²) in [6.07, 6.45) is 10.6. The third-order valence-corrected chi connectivity index (χ3v) is 4.75.